The third-order valence-corrected chi connectivity index (χ3v) is 4.20. The van der Waals surface area contributed by atoms with Gasteiger partial charge in [0.2, 0.25) is 6.10 Å². The van der Waals surface area contributed by atoms with Gasteiger partial charge in [0, 0.05) is 23.6 Å². The van der Waals surface area contributed by atoms with Crippen molar-refractivity contribution >= 4 is 28.3 Å². The van der Waals surface area contributed by atoms with Crippen molar-refractivity contribution in [2.24, 2.45) is 11.1 Å². The number of fused-ring (bicyclic) bond motifs is 1. The Hall–Kier alpha value is -2.63. The Morgan fingerprint density at radius 1 is 1.25 bits per heavy atom. The molecule has 0 unspecified atom stereocenters. The first-order valence-corrected chi connectivity index (χ1v) is 7.93. The molecule has 1 aromatic heterocycles. The topological polar surface area (TPSA) is 80.9 Å². The zero-order chi connectivity index (χ0) is 17.4. The maximum atomic E-state index is 12.4. The minimum atomic E-state index is -0.604. The molecule has 1 amide bonds. The maximum absolute atomic E-state index is 12.4. The molecule has 0 spiro atoms. The van der Waals surface area contributed by atoms with Crippen molar-refractivity contribution in [1.29, 1.82) is 0 Å². The number of carbonyl (C=O) groups excluding carboxylic acids is 1. The summed E-state index contributed by atoms with van der Waals surface area (Å²) in [5.74, 6) is 0.0302. The average Bonchev–Trinajstić information content (AvgIpc) is 2.98. The highest BCUT2D eigenvalue weighted by Crippen LogP contribution is 2.26. The molecule has 2 heterocycles. The summed E-state index contributed by atoms with van der Waals surface area (Å²) in [5, 5.41) is 7.66. The first-order valence-electron chi connectivity index (χ1n) is 7.93. The Morgan fingerprint density at radius 2 is 2.00 bits per heavy atom. The molecule has 3 rings (SSSR count). The van der Waals surface area contributed by atoms with E-state index in [0.29, 0.717) is 17.7 Å². The Kier molecular flexibility index (Phi) is 4.13. The van der Waals surface area contributed by atoms with Crippen LogP contribution in [0.15, 0.2) is 32.6 Å². The number of anilines is 1. The predicted octanol–water partition coefficient (Wildman–Crippen LogP) is 3.15. The van der Waals surface area contributed by atoms with Crippen molar-refractivity contribution < 1.29 is 14.0 Å². The van der Waals surface area contributed by atoms with Crippen LogP contribution >= 0.6 is 0 Å². The van der Waals surface area contributed by atoms with E-state index in [-0.39, 0.29) is 17.5 Å². The van der Waals surface area contributed by atoms with Crippen LogP contribution in [-0.4, -0.2) is 17.7 Å². The highest BCUT2D eigenvalue weighted by atomic mass is 16.6. The Labute approximate surface area is 139 Å². The lowest BCUT2D eigenvalue weighted by atomic mass is 10.0. The molecule has 0 fully saturated rings. The van der Waals surface area contributed by atoms with Gasteiger partial charge >= 0.3 is 5.63 Å². The SMILES string of the molecule is Cc1cc2oc(=O)cc(C)c2cc1NC(=O)[C@@H]1CC(C(C)C)=NO1. The van der Waals surface area contributed by atoms with Crippen LogP contribution in [-0.2, 0) is 9.63 Å². The van der Waals surface area contributed by atoms with Gasteiger partial charge in [-0.05, 0) is 43.0 Å². The molecule has 6 nitrogen and oxygen atoms in total. The summed E-state index contributed by atoms with van der Waals surface area (Å²) in [7, 11) is 0. The molecule has 0 aliphatic carbocycles. The zero-order valence-corrected chi connectivity index (χ0v) is 14.2. The van der Waals surface area contributed by atoms with E-state index < -0.39 is 6.10 Å². The highest BCUT2D eigenvalue weighted by molar-refractivity contribution is 6.01. The summed E-state index contributed by atoms with van der Waals surface area (Å²) in [6.45, 7) is 7.73. The van der Waals surface area contributed by atoms with Gasteiger partial charge in [-0.15, -0.1) is 0 Å². The summed E-state index contributed by atoms with van der Waals surface area (Å²) in [4.78, 5) is 29.1. The van der Waals surface area contributed by atoms with E-state index in [0.717, 1.165) is 22.2 Å². The Balaban J connectivity index is 1.84. The number of benzene rings is 1. The molecule has 0 bridgehead atoms. The monoisotopic (exact) mass is 328 g/mol. The van der Waals surface area contributed by atoms with Gasteiger partial charge in [-0.1, -0.05) is 19.0 Å². The summed E-state index contributed by atoms with van der Waals surface area (Å²) in [6.07, 6.45) is -0.100. The van der Waals surface area contributed by atoms with E-state index in [9.17, 15) is 9.59 Å². The summed E-state index contributed by atoms with van der Waals surface area (Å²) < 4.78 is 5.21. The molecule has 0 saturated heterocycles. The van der Waals surface area contributed by atoms with Crippen LogP contribution in [0.2, 0.25) is 0 Å². The number of nitrogens with one attached hydrogen (secondary N) is 1. The summed E-state index contributed by atoms with van der Waals surface area (Å²) >= 11 is 0. The van der Waals surface area contributed by atoms with Gasteiger partial charge in [-0.25, -0.2) is 4.79 Å². The van der Waals surface area contributed by atoms with Gasteiger partial charge in [0.15, 0.2) is 0 Å². The molecule has 126 valence electrons. The minimum Gasteiger partial charge on any atom is -0.423 e. The predicted molar refractivity (Wildman–Crippen MR) is 92.4 cm³/mol. The number of nitrogens with zero attached hydrogens (tertiary/aromatic N) is 1. The molecule has 1 N–H and O–H groups in total. The van der Waals surface area contributed by atoms with E-state index in [2.05, 4.69) is 10.5 Å². The Morgan fingerprint density at radius 3 is 2.67 bits per heavy atom. The van der Waals surface area contributed by atoms with Crippen molar-refractivity contribution in [1.82, 2.24) is 0 Å². The second-order valence-corrected chi connectivity index (χ2v) is 6.44. The van der Waals surface area contributed by atoms with Gasteiger partial charge in [0.25, 0.3) is 5.91 Å². The quantitative estimate of drug-likeness (QED) is 0.878. The minimum absolute atomic E-state index is 0.230. The molecule has 1 aliphatic heterocycles. The number of oxime groups is 1. The fourth-order valence-electron chi connectivity index (χ4n) is 2.69. The molecule has 0 radical (unpaired) electrons. The summed E-state index contributed by atoms with van der Waals surface area (Å²) in [6, 6.07) is 5.01. The Bertz CT molecular complexity index is 896. The van der Waals surface area contributed by atoms with E-state index in [4.69, 9.17) is 9.25 Å². The molecule has 1 aromatic carbocycles. The number of carbonyl (C=O) groups is 1. The van der Waals surface area contributed by atoms with Crippen LogP contribution in [0.4, 0.5) is 5.69 Å². The van der Waals surface area contributed by atoms with E-state index in [1.165, 1.54) is 6.07 Å². The summed E-state index contributed by atoms with van der Waals surface area (Å²) in [5.41, 5.74) is 3.31. The second-order valence-electron chi connectivity index (χ2n) is 6.44. The van der Waals surface area contributed by atoms with Crippen molar-refractivity contribution in [3.05, 3.63) is 39.7 Å². The highest BCUT2D eigenvalue weighted by Gasteiger charge is 2.29. The normalized spacial score (nSPS) is 17.0. The molecule has 6 heteroatoms. The van der Waals surface area contributed by atoms with Gasteiger partial charge in [-0.3, -0.25) is 4.79 Å². The first-order chi connectivity index (χ1) is 11.3. The molecule has 1 atom stereocenters. The van der Waals surface area contributed by atoms with Crippen LogP contribution in [0.3, 0.4) is 0 Å². The van der Waals surface area contributed by atoms with Crippen LogP contribution in [0.5, 0.6) is 0 Å². The number of amides is 1. The number of aryl methyl sites for hydroxylation is 2. The third kappa shape index (κ3) is 3.04. The van der Waals surface area contributed by atoms with Crippen molar-refractivity contribution in [3.8, 4) is 0 Å². The van der Waals surface area contributed by atoms with Gasteiger partial charge in [-0.2, -0.15) is 0 Å². The number of hydrogen-bond donors (Lipinski definition) is 1. The van der Waals surface area contributed by atoms with Crippen LogP contribution in [0.25, 0.3) is 11.0 Å². The molecule has 0 saturated carbocycles. The lowest BCUT2D eigenvalue weighted by molar-refractivity contribution is -0.125. The van der Waals surface area contributed by atoms with E-state index >= 15 is 0 Å². The lowest BCUT2D eigenvalue weighted by Crippen LogP contribution is -2.28. The van der Waals surface area contributed by atoms with Crippen molar-refractivity contribution in [2.45, 2.75) is 40.2 Å². The fourth-order valence-corrected chi connectivity index (χ4v) is 2.69. The smallest absolute Gasteiger partial charge is 0.336 e. The van der Waals surface area contributed by atoms with E-state index in [1.807, 2.05) is 33.8 Å². The van der Waals surface area contributed by atoms with Crippen LogP contribution in [0.1, 0.15) is 31.4 Å². The number of hydrogen-bond acceptors (Lipinski definition) is 5. The molecular weight excluding hydrogens is 308 g/mol. The van der Waals surface area contributed by atoms with Crippen molar-refractivity contribution in [2.75, 3.05) is 5.32 Å². The zero-order valence-electron chi connectivity index (χ0n) is 14.2. The van der Waals surface area contributed by atoms with Crippen LogP contribution < -0.4 is 10.9 Å². The van der Waals surface area contributed by atoms with Gasteiger partial charge < -0.3 is 14.6 Å². The lowest BCUT2D eigenvalue weighted by Gasteiger charge is -2.13. The maximum Gasteiger partial charge on any atom is 0.336 e. The van der Waals surface area contributed by atoms with Crippen molar-refractivity contribution in [3.63, 3.8) is 0 Å². The largest absolute Gasteiger partial charge is 0.423 e. The third-order valence-electron chi connectivity index (χ3n) is 4.20. The standard InChI is InChI=1S/C18H20N2O4/c1-9(2)13-8-16(24-20-13)18(22)19-14-7-12-10(3)6-17(21)23-15(12)5-11(14)4/h5-7,9,16H,8H2,1-4H3,(H,19,22)/t16-/m0/s1. The van der Waals surface area contributed by atoms with E-state index in [1.54, 1.807) is 6.07 Å². The second kappa shape index (κ2) is 6.11. The molecular formula is C18H20N2O4. The fraction of sp³-hybridized carbons (Fsp3) is 0.389. The average molecular weight is 328 g/mol. The number of rotatable bonds is 3. The molecule has 2 aromatic rings. The molecule has 24 heavy (non-hydrogen) atoms. The molecule has 1 aliphatic rings. The van der Waals surface area contributed by atoms with Gasteiger partial charge in [0.1, 0.15) is 5.58 Å². The van der Waals surface area contributed by atoms with Gasteiger partial charge in [0.05, 0.1) is 5.71 Å². The van der Waals surface area contributed by atoms with Crippen LogP contribution in [0, 0.1) is 19.8 Å². The first kappa shape index (κ1) is 16.2.